The minimum Gasteiger partial charge on any atom is -0.444 e. The fourth-order valence-electron chi connectivity index (χ4n) is 5.75. The van der Waals surface area contributed by atoms with Crippen LogP contribution >= 0.6 is 22.7 Å². The molecule has 2 aromatic carbocycles. The number of urea groups is 1. The van der Waals surface area contributed by atoms with Gasteiger partial charge in [0, 0.05) is 43.2 Å². The first-order valence-corrected chi connectivity index (χ1v) is 20.6. The first kappa shape index (κ1) is 43.7. The predicted octanol–water partition coefficient (Wildman–Crippen LogP) is 7.19. The average Bonchev–Trinajstić information content (AvgIpc) is 3.85. The van der Waals surface area contributed by atoms with Gasteiger partial charge in [0.05, 0.1) is 27.6 Å². The number of hydrogen-bond acceptors (Lipinski definition) is 10. The van der Waals surface area contributed by atoms with Gasteiger partial charge >= 0.3 is 18.2 Å². The molecule has 4 N–H and O–H groups in total. The van der Waals surface area contributed by atoms with Gasteiger partial charge < -0.3 is 35.6 Å². The number of thiazole rings is 2. The van der Waals surface area contributed by atoms with Gasteiger partial charge in [-0.1, -0.05) is 74.5 Å². The van der Waals surface area contributed by atoms with Crippen LogP contribution in [0.5, 0.6) is 0 Å². The molecule has 0 fully saturated rings. The monoisotopic (exact) mass is 805 g/mol. The summed E-state index contributed by atoms with van der Waals surface area (Å²) in [7, 11) is 1.65. The molecule has 0 saturated heterocycles. The number of alkyl carbamates (subject to hydrolysis) is 2. The summed E-state index contributed by atoms with van der Waals surface area (Å²) in [5.74, 6) is -0.124. The van der Waals surface area contributed by atoms with E-state index in [0.29, 0.717) is 25.7 Å². The summed E-state index contributed by atoms with van der Waals surface area (Å²) in [4.78, 5) is 64.1. The number of ether oxygens (including phenoxy) is 2. The maximum atomic E-state index is 14.2. The highest BCUT2D eigenvalue weighted by atomic mass is 32.1. The van der Waals surface area contributed by atoms with Crippen LogP contribution in [0.15, 0.2) is 77.8 Å². The Kier molecular flexibility index (Phi) is 17.1. The van der Waals surface area contributed by atoms with Crippen LogP contribution in [0, 0.1) is 0 Å². The Balaban J connectivity index is 1.49. The van der Waals surface area contributed by atoms with Crippen molar-refractivity contribution in [1.29, 1.82) is 0 Å². The second kappa shape index (κ2) is 21.9. The van der Waals surface area contributed by atoms with Crippen LogP contribution in [0.2, 0.25) is 0 Å². The van der Waals surface area contributed by atoms with E-state index in [1.165, 1.54) is 16.2 Å². The third-order valence-electron chi connectivity index (χ3n) is 8.54. The van der Waals surface area contributed by atoms with Crippen molar-refractivity contribution in [1.82, 2.24) is 36.1 Å². The van der Waals surface area contributed by atoms with Crippen LogP contribution in [0.1, 0.15) is 86.5 Å². The fourth-order valence-corrected chi connectivity index (χ4v) is 7.08. The summed E-state index contributed by atoms with van der Waals surface area (Å²) in [6.07, 6.45) is 2.72. The second-order valence-electron chi connectivity index (χ2n) is 15.0. The van der Waals surface area contributed by atoms with Crippen LogP contribution in [0.3, 0.4) is 0 Å². The Bertz CT molecular complexity index is 1800. The molecule has 5 amide bonds. The average molecular weight is 806 g/mol. The van der Waals surface area contributed by atoms with Gasteiger partial charge in [0.2, 0.25) is 5.91 Å². The minimum absolute atomic E-state index is 0.0803. The molecule has 0 aliphatic rings. The topological polar surface area (TPSA) is 164 Å². The van der Waals surface area contributed by atoms with Crippen molar-refractivity contribution >= 4 is 46.8 Å². The minimum atomic E-state index is -0.986. The molecule has 0 saturated carbocycles. The van der Waals surface area contributed by atoms with Crippen molar-refractivity contribution < 1.29 is 28.7 Å². The lowest BCUT2D eigenvalue weighted by Gasteiger charge is -2.27. The van der Waals surface area contributed by atoms with Crippen molar-refractivity contribution in [2.45, 2.75) is 110 Å². The summed E-state index contributed by atoms with van der Waals surface area (Å²) in [5.41, 5.74) is 3.82. The molecular formula is C41H55N7O6S2. The number of carbonyl (C=O) groups is 4. The molecule has 0 unspecified atom stereocenters. The number of carbonyl (C=O) groups excluding carboxylic acids is 4. The standard InChI is InChI=1S/C41H55N7O6S2/c1-28(2)37-45-33(26-55-37)24-48(6)38(50)47-35(19-20-43-39(51)54-41(3,4)5)36(49)44-31(21-29-13-9-7-10-14-29)17-18-32(22-30-15-11-8-12-16-30)46-40(52)53-25-34-23-42-27-56-34/h7-16,23,26-28,31-32,35H,17-22,24-25H2,1-6H3,(H,43,51)(H,44,49)(H,46,52)(H,47,50)/t31-,32-,35-/m0/s1. The number of rotatable bonds is 19. The number of benzene rings is 2. The Morgan fingerprint density at radius 2 is 1.45 bits per heavy atom. The maximum absolute atomic E-state index is 14.2. The SMILES string of the molecule is CC(C)c1nc(CN(C)C(=O)N[C@@H](CCNC(=O)OC(C)(C)C)C(=O)N[C@@H](CC[C@@H](Cc2ccccc2)NC(=O)OCc2cncs2)Cc2ccccc2)cs1. The summed E-state index contributed by atoms with van der Waals surface area (Å²) >= 11 is 2.96. The van der Waals surface area contributed by atoms with E-state index < -0.39 is 35.8 Å². The summed E-state index contributed by atoms with van der Waals surface area (Å²) in [6.45, 7) is 9.90. The van der Waals surface area contributed by atoms with Crippen LogP contribution in [-0.2, 0) is 40.3 Å². The zero-order valence-corrected chi connectivity index (χ0v) is 34.7. The highest BCUT2D eigenvalue weighted by Gasteiger charge is 2.27. The molecule has 302 valence electrons. The lowest BCUT2D eigenvalue weighted by molar-refractivity contribution is -0.123. The van der Waals surface area contributed by atoms with Gasteiger partial charge in [0.1, 0.15) is 18.2 Å². The summed E-state index contributed by atoms with van der Waals surface area (Å²) < 4.78 is 10.9. The maximum Gasteiger partial charge on any atom is 0.407 e. The molecule has 3 atom stereocenters. The Morgan fingerprint density at radius 3 is 2.00 bits per heavy atom. The van der Waals surface area contributed by atoms with Gasteiger partial charge in [0.15, 0.2) is 0 Å². The summed E-state index contributed by atoms with van der Waals surface area (Å²) in [6, 6.07) is 17.6. The molecule has 0 aliphatic heterocycles. The van der Waals surface area contributed by atoms with Crippen molar-refractivity contribution in [2.75, 3.05) is 13.6 Å². The van der Waals surface area contributed by atoms with Crippen molar-refractivity contribution in [3.05, 3.63) is 104 Å². The van der Waals surface area contributed by atoms with E-state index in [2.05, 4.69) is 45.1 Å². The first-order chi connectivity index (χ1) is 26.7. The fraction of sp³-hybridized carbons (Fsp3) is 0.463. The van der Waals surface area contributed by atoms with E-state index in [1.54, 1.807) is 50.9 Å². The van der Waals surface area contributed by atoms with E-state index >= 15 is 0 Å². The van der Waals surface area contributed by atoms with Gasteiger partial charge in [-0.25, -0.2) is 19.4 Å². The smallest absolute Gasteiger partial charge is 0.407 e. The van der Waals surface area contributed by atoms with Crippen molar-refractivity contribution in [3.8, 4) is 0 Å². The van der Waals surface area contributed by atoms with E-state index in [1.807, 2.05) is 66.0 Å². The van der Waals surface area contributed by atoms with Crippen LogP contribution in [0.4, 0.5) is 14.4 Å². The summed E-state index contributed by atoms with van der Waals surface area (Å²) in [5, 5.41) is 14.7. The van der Waals surface area contributed by atoms with Gasteiger partial charge in [0.25, 0.3) is 0 Å². The highest BCUT2D eigenvalue weighted by Crippen LogP contribution is 2.20. The Morgan fingerprint density at radius 1 is 0.821 bits per heavy atom. The Labute approximate surface area is 338 Å². The Hall–Kier alpha value is -5.02. The van der Waals surface area contributed by atoms with Gasteiger partial charge in [-0.2, -0.15) is 0 Å². The highest BCUT2D eigenvalue weighted by molar-refractivity contribution is 7.09. The molecule has 0 spiro atoms. The molecule has 0 radical (unpaired) electrons. The molecule has 4 rings (SSSR count). The number of hydrogen-bond donors (Lipinski definition) is 4. The van der Waals surface area contributed by atoms with Crippen LogP contribution in [-0.4, -0.2) is 76.3 Å². The van der Waals surface area contributed by atoms with Gasteiger partial charge in [-0.3, -0.25) is 9.78 Å². The molecule has 0 bridgehead atoms. The molecule has 56 heavy (non-hydrogen) atoms. The zero-order chi connectivity index (χ0) is 40.5. The molecule has 15 heteroatoms. The molecule has 2 heterocycles. The first-order valence-electron chi connectivity index (χ1n) is 18.9. The lowest BCUT2D eigenvalue weighted by Crippen LogP contribution is -2.53. The number of amides is 5. The second-order valence-corrected chi connectivity index (χ2v) is 16.8. The van der Waals surface area contributed by atoms with Crippen molar-refractivity contribution in [3.63, 3.8) is 0 Å². The van der Waals surface area contributed by atoms with Crippen molar-refractivity contribution in [2.24, 2.45) is 0 Å². The molecule has 0 aliphatic carbocycles. The third-order valence-corrected chi connectivity index (χ3v) is 10.5. The predicted molar refractivity (Wildman–Crippen MR) is 220 cm³/mol. The number of aromatic nitrogens is 2. The van der Waals surface area contributed by atoms with E-state index in [9.17, 15) is 19.2 Å². The number of nitrogens with zero attached hydrogens (tertiary/aromatic N) is 3. The third kappa shape index (κ3) is 16.0. The molecule has 4 aromatic rings. The molecular weight excluding hydrogens is 751 g/mol. The quantitative estimate of drug-likeness (QED) is 0.0774. The molecule has 2 aromatic heterocycles. The van der Waals surface area contributed by atoms with Crippen LogP contribution < -0.4 is 21.3 Å². The zero-order valence-electron chi connectivity index (χ0n) is 33.1. The molecule has 13 nitrogen and oxygen atoms in total. The van der Waals surface area contributed by atoms with Gasteiger partial charge in [-0.05, 0) is 64.0 Å². The normalized spacial score (nSPS) is 12.9. The number of nitrogens with one attached hydrogen (secondary N) is 4. The largest absolute Gasteiger partial charge is 0.444 e. The van der Waals surface area contributed by atoms with Gasteiger partial charge in [-0.15, -0.1) is 22.7 Å². The van der Waals surface area contributed by atoms with E-state index in [0.717, 1.165) is 26.7 Å². The van der Waals surface area contributed by atoms with E-state index in [4.69, 9.17) is 9.47 Å². The lowest BCUT2D eigenvalue weighted by atomic mass is 9.95. The van der Waals surface area contributed by atoms with Crippen LogP contribution in [0.25, 0.3) is 0 Å². The van der Waals surface area contributed by atoms with E-state index in [-0.39, 0.29) is 44.1 Å².